The molecule has 6 nitrogen and oxygen atoms in total. The average molecular weight is 282 g/mol. The number of nitrogens with one attached hydrogen (secondary N) is 1. The lowest BCUT2D eigenvalue weighted by Gasteiger charge is -2.19. The Kier molecular flexibility index (Phi) is 6.01. The monoisotopic (exact) mass is 282 g/mol. The Bertz CT molecular complexity index is 421. The zero-order chi connectivity index (χ0) is 15.2. The number of nitrogens with zero attached hydrogens (tertiary/aromatic N) is 3. The average Bonchev–Trinajstić information content (AvgIpc) is 2.71. The van der Waals surface area contributed by atoms with Gasteiger partial charge in [0.15, 0.2) is 0 Å². The zero-order valence-electron chi connectivity index (χ0n) is 13.1. The Morgan fingerprint density at radius 2 is 2.15 bits per heavy atom. The summed E-state index contributed by atoms with van der Waals surface area (Å²) in [5, 5.41) is 2.75. The highest BCUT2D eigenvalue weighted by Gasteiger charge is 2.16. The summed E-state index contributed by atoms with van der Waals surface area (Å²) in [6, 6.07) is 0. The van der Waals surface area contributed by atoms with Crippen LogP contribution in [0.1, 0.15) is 32.9 Å². The second kappa shape index (κ2) is 7.28. The van der Waals surface area contributed by atoms with Gasteiger partial charge in [-0.2, -0.15) is 0 Å². The molecule has 6 heteroatoms. The molecule has 0 aliphatic rings. The molecule has 1 heterocycles. The number of alkyl carbamates (subject to hydrolysis) is 1. The maximum Gasteiger partial charge on any atom is 0.407 e. The number of aryl methyl sites for hydroxylation is 1. The number of amides is 1. The van der Waals surface area contributed by atoms with Crippen LogP contribution in [0, 0.1) is 0 Å². The summed E-state index contributed by atoms with van der Waals surface area (Å²) in [6.07, 6.45) is 4.20. The first-order chi connectivity index (χ1) is 9.28. The fraction of sp³-hybridized carbons (Fsp3) is 0.714. The van der Waals surface area contributed by atoms with E-state index in [1.165, 1.54) is 0 Å². The van der Waals surface area contributed by atoms with Crippen molar-refractivity contribution in [2.24, 2.45) is 0 Å². The minimum absolute atomic E-state index is 0.404. The Morgan fingerprint density at radius 3 is 2.75 bits per heavy atom. The lowest BCUT2D eigenvalue weighted by Crippen LogP contribution is -2.32. The van der Waals surface area contributed by atoms with E-state index in [-0.39, 0.29) is 0 Å². The van der Waals surface area contributed by atoms with E-state index < -0.39 is 11.7 Å². The van der Waals surface area contributed by atoms with E-state index >= 15 is 0 Å². The van der Waals surface area contributed by atoms with E-state index in [0.29, 0.717) is 6.54 Å². The fourth-order valence-electron chi connectivity index (χ4n) is 1.73. The Morgan fingerprint density at radius 1 is 1.45 bits per heavy atom. The first kappa shape index (κ1) is 16.5. The van der Waals surface area contributed by atoms with Crippen LogP contribution in [0.5, 0.6) is 0 Å². The first-order valence-corrected chi connectivity index (χ1v) is 6.88. The van der Waals surface area contributed by atoms with Gasteiger partial charge in [0.05, 0.1) is 18.6 Å². The molecule has 0 atom stereocenters. The third kappa shape index (κ3) is 6.56. The molecule has 1 N–H and O–H groups in total. The molecule has 1 amide bonds. The van der Waals surface area contributed by atoms with E-state index in [4.69, 9.17) is 4.74 Å². The molecule has 0 radical (unpaired) electrons. The summed E-state index contributed by atoms with van der Waals surface area (Å²) < 4.78 is 7.26. The maximum absolute atomic E-state index is 11.6. The molecular formula is C14H26N4O2. The number of imidazole rings is 1. The number of carbonyl (C=O) groups excluding carboxylic acids is 1. The lowest BCUT2D eigenvalue weighted by atomic mass is 10.2. The largest absolute Gasteiger partial charge is 0.444 e. The van der Waals surface area contributed by atoms with Crippen LogP contribution in [0.2, 0.25) is 0 Å². The van der Waals surface area contributed by atoms with Gasteiger partial charge in [-0.25, -0.2) is 9.78 Å². The number of carbonyl (C=O) groups is 1. The van der Waals surface area contributed by atoms with Crippen molar-refractivity contribution < 1.29 is 9.53 Å². The second-order valence-corrected chi connectivity index (χ2v) is 6.09. The molecule has 0 aromatic carbocycles. The summed E-state index contributed by atoms with van der Waals surface area (Å²) in [5.74, 6) is 0. The quantitative estimate of drug-likeness (QED) is 0.865. The van der Waals surface area contributed by atoms with Crippen LogP contribution in [0.15, 0.2) is 12.5 Å². The third-order valence-corrected chi connectivity index (χ3v) is 2.62. The van der Waals surface area contributed by atoms with Crippen molar-refractivity contribution in [3.05, 3.63) is 18.2 Å². The molecule has 20 heavy (non-hydrogen) atoms. The van der Waals surface area contributed by atoms with Crippen molar-refractivity contribution in [2.45, 2.75) is 45.9 Å². The minimum atomic E-state index is -0.476. The summed E-state index contributed by atoms with van der Waals surface area (Å²) in [5.41, 5.74) is 0.505. The molecule has 0 bridgehead atoms. The number of hydrogen-bond acceptors (Lipinski definition) is 4. The van der Waals surface area contributed by atoms with Crippen LogP contribution < -0.4 is 5.32 Å². The smallest absolute Gasteiger partial charge is 0.407 e. The van der Waals surface area contributed by atoms with Crippen molar-refractivity contribution in [3.63, 3.8) is 0 Å². The minimum Gasteiger partial charge on any atom is -0.444 e. The summed E-state index contributed by atoms with van der Waals surface area (Å²) in [7, 11) is 4.11. The number of ether oxygens (including phenoxy) is 1. The standard InChI is InChI=1S/C14H26N4O2/c1-14(2,3)20-13(19)16-10-12-9-15-11-18(12)8-6-7-17(4)5/h9,11H,6-8,10H2,1-5H3,(H,16,19). The van der Waals surface area contributed by atoms with Crippen molar-refractivity contribution in [1.29, 1.82) is 0 Å². The highest BCUT2D eigenvalue weighted by Crippen LogP contribution is 2.07. The molecular weight excluding hydrogens is 256 g/mol. The summed E-state index contributed by atoms with van der Waals surface area (Å²) in [4.78, 5) is 17.9. The number of aromatic nitrogens is 2. The van der Waals surface area contributed by atoms with Crippen LogP contribution >= 0.6 is 0 Å². The SMILES string of the molecule is CN(C)CCCn1cncc1CNC(=O)OC(C)(C)C. The van der Waals surface area contributed by atoms with Crippen LogP contribution in [-0.4, -0.2) is 46.8 Å². The molecule has 0 spiro atoms. The van der Waals surface area contributed by atoms with Gasteiger partial charge in [-0.1, -0.05) is 0 Å². The van der Waals surface area contributed by atoms with Crippen molar-refractivity contribution >= 4 is 6.09 Å². The van der Waals surface area contributed by atoms with Gasteiger partial charge in [0, 0.05) is 12.7 Å². The van der Waals surface area contributed by atoms with Gasteiger partial charge in [0.1, 0.15) is 5.60 Å². The highest BCUT2D eigenvalue weighted by molar-refractivity contribution is 5.67. The molecule has 1 rings (SSSR count). The fourth-order valence-corrected chi connectivity index (χ4v) is 1.73. The Labute approximate surface area is 121 Å². The number of hydrogen-bond donors (Lipinski definition) is 1. The van der Waals surface area contributed by atoms with E-state index in [9.17, 15) is 4.79 Å². The molecule has 0 saturated carbocycles. The van der Waals surface area contributed by atoms with Gasteiger partial charge in [0.2, 0.25) is 0 Å². The maximum atomic E-state index is 11.6. The lowest BCUT2D eigenvalue weighted by molar-refractivity contribution is 0.0522. The van der Waals surface area contributed by atoms with Crippen LogP contribution in [-0.2, 0) is 17.8 Å². The van der Waals surface area contributed by atoms with E-state index in [2.05, 4.69) is 33.9 Å². The molecule has 114 valence electrons. The predicted molar refractivity (Wildman–Crippen MR) is 78.5 cm³/mol. The molecule has 1 aromatic rings. The predicted octanol–water partition coefficient (Wildman–Crippen LogP) is 1.86. The third-order valence-electron chi connectivity index (χ3n) is 2.62. The van der Waals surface area contributed by atoms with Crippen molar-refractivity contribution in [3.8, 4) is 0 Å². The van der Waals surface area contributed by atoms with Gasteiger partial charge in [-0.05, 0) is 47.8 Å². The topological polar surface area (TPSA) is 59.4 Å². The molecule has 0 saturated heterocycles. The Balaban J connectivity index is 2.41. The van der Waals surface area contributed by atoms with E-state index in [1.807, 2.05) is 20.8 Å². The summed E-state index contributed by atoms with van der Waals surface area (Å²) >= 11 is 0. The van der Waals surface area contributed by atoms with Gasteiger partial charge < -0.3 is 19.5 Å². The van der Waals surface area contributed by atoms with E-state index in [1.54, 1.807) is 12.5 Å². The zero-order valence-corrected chi connectivity index (χ0v) is 13.1. The highest BCUT2D eigenvalue weighted by atomic mass is 16.6. The van der Waals surface area contributed by atoms with Gasteiger partial charge in [-0.3, -0.25) is 0 Å². The van der Waals surface area contributed by atoms with E-state index in [0.717, 1.165) is 25.2 Å². The molecule has 0 unspecified atom stereocenters. The molecule has 1 aromatic heterocycles. The normalized spacial score (nSPS) is 11.7. The van der Waals surface area contributed by atoms with Crippen LogP contribution in [0.3, 0.4) is 0 Å². The Hall–Kier alpha value is -1.56. The van der Waals surface area contributed by atoms with Gasteiger partial charge >= 0.3 is 6.09 Å². The molecule has 0 fully saturated rings. The van der Waals surface area contributed by atoms with Gasteiger partial charge in [0.25, 0.3) is 0 Å². The second-order valence-electron chi connectivity index (χ2n) is 6.09. The van der Waals surface area contributed by atoms with Gasteiger partial charge in [-0.15, -0.1) is 0 Å². The summed E-state index contributed by atoms with van der Waals surface area (Å²) in [6.45, 7) is 7.88. The van der Waals surface area contributed by atoms with Crippen LogP contribution in [0.4, 0.5) is 4.79 Å². The first-order valence-electron chi connectivity index (χ1n) is 6.88. The number of rotatable bonds is 6. The van der Waals surface area contributed by atoms with Crippen molar-refractivity contribution in [1.82, 2.24) is 19.8 Å². The van der Waals surface area contributed by atoms with Crippen molar-refractivity contribution in [2.75, 3.05) is 20.6 Å². The molecule has 0 aliphatic carbocycles. The van der Waals surface area contributed by atoms with Crippen LogP contribution in [0.25, 0.3) is 0 Å². The molecule has 0 aliphatic heterocycles.